The van der Waals surface area contributed by atoms with E-state index in [1.807, 2.05) is 0 Å². The van der Waals surface area contributed by atoms with Crippen molar-refractivity contribution in [3.8, 4) is 0 Å². The Balaban J connectivity index is 1.86. The van der Waals surface area contributed by atoms with Crippen LogP contribution in [0.3, 0.4) is 0 Å². The molecule has 0 aromatic carbocycles. The van der Waals surface area contributed by atoms with Crippen LogP contribution in [-0.4, -0.2) is 58.9 Å². The van der Waals surface area contributed by atoms with Crippen LogP contribution in [0.4, 0.5) is 0 Å². The van der Waals surface area contributed by atoms with Gasteiger partial charge >= 0.3 is 5.97 Å². The van der Waals surface area contributed by atoms with Crippen LogP contribution in [0, 0.1) is 5.41 Å². The SMILES string of the molecule is CC1(C(=O)O)CCN(C(=O)CN2CCCC2=O)CC1. The van der Waals surface area contributed by atoms with Gasteiger partial charge in [-0.15, -0.1) is 0 Å². The van der Waals surface area contributed by atoms with E-state index in [4.69, 9.17) is 5.11 Å². The van der Waals surface area contributed by atoms with E-state index in [1.165, 1.54) is 0 Å². The molecule has 0 aromatic heterocycles. The zero-order valence-corrected chi connectivity index (χ0v) is 11.2. The second-order valence-corrected chi connectivity index (χ2v) is 5.67. The average molecular weight is 268 g/mol. The van der Waals surface area contributed by atoms with Crippen molar-refractivity contribution in [1.29, 1.82) is 0 Å². The maximum atomic E-state index is 12.1. The van der Waals surface area contributed by atoms with Crippen molar-refractivity contribution < 1.29 is 19.5 Å². The fourth-order valence-corrected chi connectivity index (χ4v) is 2.60. The third-order valence-electron chi connectivity index (χ3n) is 4.23. The molecule has 0 aliphatic carbocycles. The van der Waals surface area contributed by atoms with E-state index in [-0.39, 0.29) is 18.4 Å². The molecule has 2 aliphatic heterocycles. The third-order valence-corrected chi connectivity index (χ3v) is 4.23. The molecule has 2 fully saturated rings. The standard InChI is InChI=1S/C13H20N2O4/c1-13(12(18)19)4-7-14(8-5-13)11(17)9-15-6-2-3-10(15)16/h2-9H2,1H3,(H,18,19). The van der Waals surface area contributed by atoms with Crippen molar-refractivity contribution in [2.75, 3.05) is 26.2 Å². The number of carbonyl (C=O) groups excluding carboxylic acids is 2. The number of hydrogen-bond donors (Lipinski definition) is 1. The van der Waals surface area contributed by atoms with Crippen molar-refractivity contribution in [1.82, 2.24) is 9.80 Å². The number of amides is 2. The molecule has 2 heterocycles. The van der Waals surface area contributed by atoms with E-state index >= 15 is 0 Å². The molecule has 2 aliphatic rings. The van der Waals surface area contributed by atoms with Gasteiger partial charge in [0.05, 0.1) is 12.0 Å². The Morgan fingerprint density at radius 2 is 1.89 bits per heavy atom. The lowest BCUT2D eigenvalue weighted by molar-refractivity contribution is -0.153. The van der Waals surface area contributed by atoms with E-state index in [2.05, 4.69) is 0 Å². The highest BCUT2D eigenvalue weighted by Gasteiger charge is 2.38. The summed E-state index contributed by atoms with van der Waals surface area (Å²) in [5.74, 6) is -0.822. The number of carboxylic acids is 1. The number of carbonyl (C=O) groups is 3. The smallest absolute Gasteiger partial charge is 0.309 e. The monoisotopic (exact) mass is 268 g/mol. The van der Waals surface area contributed by atoms with Crippen molar-refractivity contribution >= 4 is 17.8 Å². The van der Waals surface area contributed by atoms with Gasteiger partial charge in [0.15, 0.2) is 0 Å². The van der Waals surface area contributed by atoms with E-state index in [9.17, 15) is 14.4 Å². The minimum Gasteiger partial charge on any atom is -0.481 e. The number of nitrogens with zero attached hydrogens (tertiary/aromatic N) is 2. The molecule has 2 amide bonds. The van der Waals surface area contributed by atoms with Crippen LogP contribution in [0.5, 0.6) is 0 Å². The van der Waals surface area contributed by atoms with E-state index in [0.717, 1.165) is 6.42 Å². The molecule has 6 heteroatoms. The molecule has 0 saturated carbocycles. The largest absolute Gasteiger partial charge is 0.481 e. The lowest BCUT2D eigenvalue weighted by atomic mass is 9.80. The van der Waals surface area contributed by atoms with Crippen LogP contribution in [0.25, 0.3) is 0 Å². The predicted molar refractivity (Wildman–Crippen MR) is 67.4 cm³/mol. The highest BCUT2D eigenvalue weighted by molar-refractivity contribution is 5.86. The topological polar surface area (TPSA) is 77.9 Å². The third kappa shape index (κ3) is 2.88. The van der Waals surface area contributed by atoms with Crippen LogP contribution >= 0.6 is 0 Å². The summed E-state index contributed by atoms with van der Waals surface area (Å²) in [4.78, 5) is 37.9. The van der Waals surface area contributed by atoms with Crippen LogP contribution in [0.15, 0.2) is 0 Å². The van der Waals surface area contributed by atoms with Crippen molar-refractivity contribution in [2.45, 2.75) is 32.6 Å². The minimum absolute atomic E-state index is 0.0423. The molecule has 2 rings (SSSR count). The van der Waals surface area contributed by atoms with Gasteiger partial charge in [0.2, 0.25) is 11.8 Å². The molecule has 0 unspecified atom stereocenters. The van der Waals surface area contributed by atoms with Gasteiger partial charge in [-0.1, -0.05) is 0 Å². The van der Waals surface area contributed by atoms with Crippen LogP contribution in [0.1, 0.15) is 32.6 Å². The number of hydrogen-bond acceptors (Lipinski definition) is 3. The second kappa shape index (κ2) is 5.19. The average Bonchev–Trinajstić information content (AvgIpc) is 2.75. The molecule has 1 N–H and O–H groups in total. The first kappa shape index (κ1) is 13.8. The molecule has 0 aromatic rings. The normalized spacial score (nSPS) is 22.7. The van der Waals surface area contributed by atoms with Crippen LogP contribution in [-0.2, 0) is 14.4 Å². The molecule has 2 saturated heterocycles. The van der Waals surface area contributed by atoms with E-state index in [0.29, 0.717) is 38.9 Å². The van der Waals surface area contributed by atoms with Crippen molar-refractivity contribution in [3.05, 3.63) is 0 Å². The first-order valence-electron chi connectivity index (χ1n) is 6.71. The Bertz CT molecular complexity index is 399. The van der Waals surface area contributed by atoms with Crippen LogP contribution < -0.4 is 0 Å². The summed E-state index contributed by atoms with van der Waals surface area (Å²) in [6.45, 7) is 3.45. The second-order valence-electron chi connectivity index (χ2n) is 5.67. The first-order valence-corrected chi connectivity index (χ1v) is 6.71. The number of carboxylic acid groups (broad SMARTS) is 1. The summed E-state index contributed by atoms with van der Waals surface area (Å²) >= 11 is 0. The van der Waals surface area contributed by atoms with Gasteiger partial charge in [-0.2, -0.15) is 0 Å². The van der Waals surface area contributed by atoms with Gasteiger partial charge in [-0.25, -0.2) is 0 Å². The maximum absolute atomic E-state index is 12.1. The van der Waals surface area contributed by atoms with Crippen molar-refractivity contribution in [2.24, 2.45) is 5.41 Å². The Morgan fingerprint density at radius 1 is 1.26 bits per heavy atom. The molecular weight excluding hydrogens is 248 g/mol. The van der Waals surface area contributed by atoms with Gasteiger partial charge in [-0.05, 0) is 26.2 Å². The van der Waals surface area contributed by atoms with Crippen LogP contribution in [0.2, 0.25) is 0 Å². The number of rotatable bonds is 3. The molecular formula is C13H20N2O4. The summed E-state index contributed by atoms with van der Waals surface area (Å²) in [7, 11) is 0. The maximum Gasteiger partial charge on any atom is 0.309 e. The van der Waals surface area contributed by atoms with E-state index < -0.39 is 11.4 Å². The van der Waals surface area contributed by atoms with Gasteiger partial charge in [0.1, 0.15) is 0 Å². The Kier molecular flexibility index (Phi) is 3.78. The molecule has 0 spiro atoms. The summed E-state index contributed by atoms with van der Waals surface area (Å²) in [5.41, 5.74) is -0.722. The minimum atomic E-state index is -0.797. The Labute approximate surface area is 112 Å². The van der Waals surface area contributed by atoms with Crippen molar-refractivity contribution in [3.63, 3.8) is 0 Å². The Hall–Kier alpha value is -1.59. The van der Waals surface area contributed by atoms with Gasteiger partial charge in [0, 0.05) is 26.1 Å². The van der Waals surface area contributed by atoms with Gasteiger partial charge in [0.25, 0.3) is 0 Å². The Morgan fingerprint density at radius 3 is 2.37 bits per heavy atom. The fourth-order valence-electron chi connectivity index (χ4n) is 2.60. The summed E-state index contributed by atoms with van der Waals surface area (Å²) < 4.78 is 0. The molecule has 6 nitrogen and oxygen atoms in total. The summed E-state index contributed by atoms with van der Waals surface area (Å²) in [5, 5.41) is 9.13. The zero-order chi connectivity index (χ0) is 14.0. The molecule has 0 atom stereocenters. The predicted octanol–water partition coefficient (Wildman–Crippen LogP) is 0.322. The van der Waals surface area contributed by atoms with Gasteiger partial charge in [-0.3, -0.25) is 14.4 Å². The number of piperidine rings is 1. The molecule has 0 radical (unpaired) electrons. The zero-order valence-electron chi connectivity index (χ0n) is 11.2. The molecule has 106 valence electrons. The molecule has 0 bridgehead atoms. The summed E-state index contributed by atoms with van der Waals surface area (Å²) in [6, 6.07) is 0. The number of likely N-dealkylation sites (tertiary alicyclic amines) is 2. The summed E-state index contributed by atoms with van der Waals surface area (Å²) in [6.07, 6.45) is 2.30. The fraction of sp³-hybridized carbons (Fsp3) is 0.769. The highest BCUT2D eigenvalue weighted by Crippen LogP contribution is 2.31. The lowest BCUT2D eigenvalue weighted by Gasteiger charge is -2.37. The highest BCUT2D eigenvalue weighted by atomic mass is 16.4. The quantitative estimate of drug-likeness (QED) is 0.799. The first-order chi connectivity index (χ1) is 8.92. The molecule has 19 heavy (non-hydrogen) atoms. The lowest BCUT2D eigenvalue weighted by Crippen LogP contribution is -2.48. The number of aliphatic carboxylic acids is 1. The van der Waals surface area contributed by atoms with E-state index in [1.54, 1.807) is 16.7 Å². The van der Waals surface area contributed by atoms with Gasteiger partial charge < -0.3 is 14.9 Å².